The summed E-state index contributed by atoms with van der Waals surface area (Å²) in [6.07, 6.45) is 3.79. The number of hydrogen-bond acceptors (Lipinski definition) is 1. The van der Waals surface area contributed by atoms with Gasteiger partial charge in [0.05, 0.1) is 5.56 Å². The molecule has 0 atom stereocenters. The van der Waals surface area contributed by atoms with Crippen molar-refractivity contribution in [3.05, 3.63) is 41.5 Å². The summed E-state index contributed by atoms with van der Waals surface area (Å²) in [6.45, 7) is 0. The summed E-state index contributed by atoms with van der Waals surface area (Å²) in [5.41, 5.74) is 0.875. The smallest absolute Gasteiger partial charge is 0.161 e. The molecule has 1 saturated carbocycles. The van der Waals surface area contributed by atoms with Crippen LogP contribution in [0.4, 0.5) is 13.2 Å². The van der Waals surface area contributed by atoms with Crippen molar-refractivity contribution in [1.82, 2.24) is 9.97 Å². The first-order valence-corrected chi connectivity index (χ1v) is 5.35. The van der Waals surface area contributed by atoms with Gasteiger partial charge in [0.2, 0.25) is 0 Å². The van der Waals surface area contributed by atoms with Gasteiger partial charge in [0.25, 0.3) is 0 Å². The first-order valence-electron chi connectivity index (χ1n) is 5.35. The monoisotopic (exact) mass is 238 g/mol. The van der Waals surface area contributed by atoms with E-state index in [2.05, 4.69) is 9.97 Å². The lowest BCUT2D eigenvalue weighted by Crippen LogP contribution is -1.92. The zero-order valence-electron chi connectivity index (χ0n) is 8.80. The largest absolute Gasteiger partial charge is 0.342 e. The van der Waals surface area contributed by atoms with Crippen molar-refractivity contribution in [3.8, 4) is 11.4 Å². The molecule has 1 N–H and O–H groups in total. The molecule has 0 bridgehead atoms. The van der Waals surface area contributed by atoms with E-state index in [1.54, 1.807) is 6.20 Å². The van der Waals surface area contributed by atoms with Gasteiger partial charge in [-0.1, -0.05) is 0 Å². The number of imidazole rings is 1. The molecule has 1 aliphatic rings. The molecule has 0 spiro atoms. The average molecular weight is 238 g/mol. The van der Waals surface area contributed by atoms with Crippen LogP contribution in [0.25, 0.3) is 11.4 Å². The van der Waals surface area contributed by atoms with E-state index in [1.165, 1.54) is 0 Å². The SMILES string of the molecule is Fc1cc(F)c(-c2ncc(C3CC3)[nH]2)cc1F. The zero-order valence-corrected chi connectivity index (χ0v) is 8.80. The average Bonchev–Trinajstić information content (AvgIpc) is 3.03. The van der Waals surface area contributed by atoms with E-state index in [0.717, 1.165) is 24.6 Å². The summed E-state index contributed by atoms with van der Waals surface area (Å²) in [7, 11) is 0. The lowest BCUT2D eigenvalue weighted by molar-refractivity contribution is 0.496. The van der Waals surface area contributed by atoms with Crippen LogP contribution in [-0.4, -0.2) is 9.97 Å². The molecule has 2 nitrogen and oxygen atoms in total. The Morgan fingerprint density at radius 3 is 2.47 bits per heavy atom. The van der Waals surface area contributed by atoms with Gasteiger partial charge in [0, 0.05) is 23.9 Å². The molecule has 0 amide bonds. The summed E-state index contributed by atoms with van der Waals surface area (Å²) in [5, 5.41) is 0. The molecule has 1 aromatic heterocycles. The van der Waals surface area contributed by atoms with Gasteiger partial charge in [-0.3, -0.25) is 0 Å². The van der Waals surface area contributed by atoms with Crippen LogP contribution in [0.3, 0.4) is 0 Å². The van der Waals surface area contributed by atoms with Crippen LogP contribution < -0.4 is 0 Å². The number of aromatic amines is 1. The van der Waals surface area contributed by atoms with Crippen LogP contribution >= 0.6 is 0 Å². The zero-order chi connectivity index (χ0) is 12.0. The Bertz CT molecular complexity index is 573. The molecule has 1 aliphatic carbocycles. The molecule has 17 heavy (non-hydrogen) atoms. The highest BCUT2D eigenvalue weighted by Gasteiger charge is 2.26. The molecule has 1 fully saturated rings. The highest BCUT2D eigenvalue weighted by Crippen LogP contribution is 2.39. The van der Waals surface area contributed by atoms with Crippen LogP contribution in [0.5, 0.6) is 0 Å². The third-order valence-electron chi connectivity index (χ3n) is 2.88. The Kier molecular flexibility index (Phi) is 2.21. The topological polar surface area (TPSA) is 28.7 Å². The van der Waals surface area contributed by atoms with Gasteiger partial charge in [0.15, 0.2) is 11.6 Å². The predicted octanol–water partition coefficient (Wildman–Crippen LogP) is 3.37. The van der Waals surface area contributed by atoms with Gasteiger partial charge in [0.1, 0.15) is 11.6 Å². The van der Waals surface area contributed by atoms with E-state index in [9.17, 15) is 13.2 Å². The van der Waals surface area contributed by atoms with Crippen molar-refractivity contribution in [3.63, 3.8) is 0 Å². The third kappa shape index (κ3) is 1.81. The van der Waals surface area contributed by atoms with Crippen molar-refractivity contribution < 1.29 is 13.2 Å². The Morgan fingerprint density at radius 2 is 1.76 bits per heavy atom. The molecule has 0 aliphatic heterocycles. The minimum Gasteiger partial charge on any atom is -0.342 e. The van der Waals surface area contributed by atoms with Crippen molar-refractivity contribution in [2.24, 2.45) is 0 Å². The number of H-pyrrole nitrogens is 1. The first-order chi connectivity index (χ1) is 8.15. The molecule has 88 valence electrons. The minimum atomic E-state index is -1.19. The van der Waals surface area contributed by atoms with E-state index in [4.69, 9.17) is 0 Å². The van der Waals surface area contributed by atoms with Crippen LogP contribution in [-0.2, 0) is 0 Å². The molecule has 0 saturated heterocycles. The van der Waals surface area contributed by atoms with Gasteiger partial charge in [-0.05, 0) is 18.9 Å². The van der Waals surface area contributed by atoms with Crippen molar-refractivity contribution in [2.45, 2.75) is 18.8 Å². The molecule has 0 unspecified atom stereocenters. The van der Waals surface area contributed by atoms with E-state index in [0.29, 0.717) is 12.0 Å². The van der Waals surface area contributed by atoms with Crippen molar-refractivity contribution >= 4 is 0 Å². The molecular weight excluding hydrogens is 229 g/mol. The van der Waals surface area contributed by atoms with Gasteiger partial charge >= 0.3 is 0 Å². The van der Waals surface area contributed by atoms with Crippen LogP contribution in [0, 0.1) is 17.5 Å². The number of nitrogens with zero attached hydrogens (tertiary/aromatic N) is 1. The van der Waals surface area contributed by atoms with Gasteiger partial charge in [-0.15, -0.1) is 0 Å². The Morgan fingerprint density at radius 1 is 1.06 bits per heavy atom. The Labute approximate surface area is 95.5 Å². The summed E-state index contributed by atoms with van der Waals surface area (Å²) < 4.78 is 39.3. The highest BCUT2D eigenvalue weighted by molar-refractivity contribution is 5.56. The second kappa shape index (κ2) is 3.61. The van der Waals surface area contributed by atoms with Crippen LogP contribution in [0.2, 0.25) is 0 Å². The fourth-order valence-corrected chi connectivity index (χ4v) is 1.78. The molecule has 1 aromatic carbocycles. The van der Waals surface area contributed by atoms with E-state index in [-0.39, 0.29) is 11.4 Å². The molecule has 5 heteroatoms. The Hall–Kier alpha value is -1.78. The third-order valence-corrected chi connectivity index (χ3v) is 2.88. The number of aromatic nitrogens is 2. The van der Waals surface area contributed by atoms with Crippen molar-refractivity contribution in [2.75, 3.05) is 0 Å². The molecule has 0 radical (unpaired) electrons. The molecule has 1 heterocycles. The molecule has 3 rings (SSSR count). The van der Waals surface area contributed by atoms with Gasteiger partial charge < -0.3 is 4.98 Å². The van der Waals surface area contributed by atoms with Crippen LogP contribution in [0.1, 0.15) is 24.5 Å². The lowest BCUT2D eigenvalue weighted by atomic mass is 10.2. The number of halogens is 3. The quantitative estimate of drug-likeness (QED) is 0.798. The summed E-state index contributed by atoms with van der Waals surface area (Å²) >= 11 is 0. The fourth-order valence-electron chi connectivity index (χ4n) is 1.78. The maximum absolute atomic E-state index is 13.5. The van der Waals surface area contributed by atoms with E-state index >= 15 is 0 Å². The first kappa shape index (κ1) is 10.4. The van der Waals surface area contributed by atoms with Gasteiger partial charge in [-0.25, -0.2) is 18.2 Å². The Balaban J connectivity index is 2.04. The van der Waals surface area contributed by atoms with Crippen LogP contribution in [0.15, 0.2) is 18.3 Å². The van der Waals surface area contributed by atoms with E-state index < -0.39 is 17.5 Å². The molecule has 2 aromatic rings. The normalized spacial score (nSPS) is 15.2. The number of benzene rings is 1. The fraction of sp³-hybridized carbons (Fsp3) is 0.250. The van der Waals surface area contributed by atoms with E-state index in [1.807, 2.05) is 0 Å². The second-order valence-electron chi connectivity index (χ2n) is 4.21. The summed E-state index contributed by atoms with van der Waals surface area (Å²) in [6, 6.07) is 1.35. The number of nitrogens with one attached hydrogen (secondary N) is 1. The summed E-state index contributed by atoms with van der Waals surface area (Å²) in [4.78, 5) is 6.93. The lowest BCUT2D eigenvalue weighted by Gasteiger charge is -2.01. The second-order valence-corrected chi connectivity index (χ2v) is 4.21. The standard InChI is InChI=1S/C12H9F3N2/c13-8-4-10(15)9(14)3-7(8)12-16-5-11(17-12)6-1-2-6/h3-6H,1-2H2,(H,16,17). The number of rotatable bonds is 2. The number of hydrogen-bond donors (Lipinski definition) is 1. The maximum atomic E-state index is 13.5. The maximum Gasteiger partial charge on any atom is 0.161 e. The van der Waals surface area contributed by atoms with Gasteiger partial charge in [-0.2, -0.15) is 0 Å². The highest BCUT2D eigenvalue weighted by atomic mass is 19.2. The summed E-state index contributed by atoms with van der Waals surface area (Å²) in [5.74, 6) is -2.40. The minimum absolute atomic E-state index is 0.0456. The predicted molar refractivity (Wildman–Crippen MR) is 55.9 cm³/mol. The molecular formula is C12H9F3N2. The van der Waals surface area contributed by atoms with Crippen molar-refractivity contribution in [1.29, 1.82) is 0 Å².